The van der Waals surface area contributed by atoms with Gasteiger partial charge in [-0.25, -0.2) is 9.18 Å². The van der Waals surface area contributed by atoms with Crippen molar-refractivity contribution in [3.63, 3.8) is 0 Å². The van der Waals surface area contributed by atoms with Crippen LogP contribution in [0.4, 0.5) is 4.39 Å². The predicted octanol–water partition coefficient (Wildman–Crippen LogP) is 2.34. The van der Waals surface area contributed by atoms with Crippen molar-refractivity contribution in [2.75, 3.05) is 6.54 Å². The van der Waals surface area contributed by atoms with Crippen molar-refractivity contribution in [2.24, 2.45) is 11.8 Å². The zero-order valence-electron chi connectivity index (χ0n) is 18.3. The topological polar surface area (TPSA) is 140 Å². The molecule has 4 rings (SSSR count). The summed E-state index contributed by atoms with van der Waals surface area (Å²) < 4.78 is 14.2. The molecule has 2 unspecified atom stereocenters. The molecule has 1 saturated carbocycles. The summed E-state index contributed by atoms with van der Waals surface area (Å²) in [5.74, 6) is -3.64. The lowest BCUT2D eigenvalue weighted by Crippen LogP contribution is -2.53. The lowest BCUT2D eigenvalue weighted by Gasteiger charge is -2.26. The summed E-state index contributed by atoms with van der Waals surface area (Å²) in [6.45, 7) is 0.554. The fraction of sp³-hybridized carbons (Fsp3) is 0.478. The van der Waals surface area contributed by atoms with Gasteiger partial charge in [-0.05, 0) is 43.7 Å². The minimum Gasteiger partial charge on any atom is -0.480 e. The fourth-order valence-corrected chi connectivity index (χ4v) is 4.41. The van der Waals surface area contributed by atoms with E-state index in [1.807, 2.05) is 0 Å². The smallest absolute Gasteiger partial charge is 0.326 e. The van der Waals surface area contributed by atoms with E-state index >= 15 is 0 Å². The fourth-order valence-electron chi connectivity index (χ4n) is 4.25. The number of aromatic nitrogens is 1. The van der Waals surface area contributed by atoms with Crippen LogP contribution in [0.1, 0.15) is 49.0 Å². The van der Waals surface area contributed by atoms with Crippen LogP contribution >= 0.6 is 11.6 Å². The lowest BCUT2D eigenvalue weighted by molar-refractivity contribution is -0.143. The number of H-pyrrole nitrogens is 1. The molecule has 0 bridgehead atoms. The second kappa shape index (κ2) is 10.0. The highest BCUT2D eigenvalue weighted by molar-refractivity contribution is 6.31. The number of halogens is 2. The van der Waals surface area contributed by atoms with E-state index in [9.17, 15) is 28.7 Å². The largest absolute Gasteiger partial charge is 0.480 e. The molecule has 11 heteroatoms. The van der Waals surface area contributed by atoms with Crippen molar-refractivity contribution in [1.29, 1.82) is 0 Å². The molecular formula is C23H26ClFN4O5. The first-order valence-electron chi connectivity index (χ1n) is 11.3. The third-order valence-corrected chi connectivity index (χ3v) is 6.65. The normalized spacial score (nSPS) is 19.8. The van der Waals surface area contributed by atoms with Crippen LogP contribution in [0.25, 0.3) is 10.9 Å². The number of carbonyl (C=O) groups excluding carboxylic acids is 3. The van der Waals surface area contributed by atoms with E-state index in [1.54, 1.807) is 6.07 Å². The Morgan fingerprint density at radius 1 is 1.15 bits per heavy atom. The molecular weight excluding hydrogens is 467 g/mol. The molecule has 1 aromatic heterocycles. The number of nitrogens with one attached hydrogen (secondary N) is 4. The molecule has 1 saturated heterocycles. The Labute approximate surface area is 199 Å². The second-order valence-electron chi connectivity index (χ2n) is 8.98. The van der Waals surface area contributed by atoms with Gasteiger partial charge in [-0.1, -0.05) is 30.5 Å². The van der Waals surface area contributed by atoms with Crippen molar-refractivity contribution in [1.82, 2.24) is 20.9 Å². The number of aromatic amines is 1. The van der Waals surface area contributed by atoms with Crippen LogP contribution in [-0.2, 0) is 14.4 Å². The number of carboxylic acid groups (broad SMARTS) is 1. The summed E-state index contributed by atoms with van der Waals surface area (Å²) in [4.78, 5) is 52.4. The Morgan fingerprint density at radius 3 is 2.59 bits per heavy atom. The highest BCUT2D eigenvalue weighted by Crippen LogP contribution is 2.34. The van der Waals surface area contributed by atoms with Gasteiger partial charge in [0.15, 0.2) is 5.82 Å². The van der Waals surface area contributed by atoms with Gasteiger partial charge in [-0.2, -0.15) is 0 Å². The minimum absolute atomic E-state index is 0.0287. The first-order chi connectivity index (χ1) is 16.2. The molecule has 2 aromatic rings. The Hall–Kier alpha value is -3.14. The number of carbonyl (C=O) groups is 4. The third kappa shape index (κ3) is 5.49. The van der Waals surface area contributed by atoms with Gasteiger partial charge in [0.05, 0.1) is 10.5 Å². The molecule has 182 valence electrons. The maximum atomic E-state index is 14.2. The van der Waals surface area contributed by atoms with Gasteiger partial charge >= 0.3 is 5.97 Å². The van der Waals surface area contributed by atoms with E-state index in [-0.39, 0.29) is 34.5 Å². The van der Waals surface area contributed by atoms with Crippen LogP contribution in [0.5, 0.6) is 0 Å². The summed E-state index contributed by atoms with van der Waals surface area (Å²) in [7, 11) is 0. The summed E-state index contributed by atoms with van der Waals surface area (Å²) in [5, 5.41) is 17.8. The van der Waals surface area contributed by atoms with E-state index in [1.165, 1.54) is 12.1 Å². The molecule has 9 nitrogen and oxygen atoms in total. The van der Waals surface area contributed by atoms with Crippen LogP contribution in [0.3, 0.4) is 0 Å². The number of hydrogen-bond donors (Lipinski definition) is 5. The first-order valence-corrected chi connectivity index (χ1v) is 11.7. The molecule has 1 aromatic carbocycles. The van der Waals surface area contributed by atoms with Gasteiger partial charge in [0.25, 0.3) is 5.91 Å². The molecule has 2 fully saturated rings. The van der Waals surface area contributed by atoms with Crippen molar-refractivity contribution in [3.8, 4) is 0 Å². The van der Waals surface area contributed by atoms with Crippen LogP contribution in [0, 0.1) is 17.7 Å². The van der Waals surface area contributed by atoms with E-state index in [0.29, 0.717) is 24.8 Å². The third-order valence-electron chi connectivity index (χ3n) is 6.35. The number of rotatable bonds is 9. The van der Waals surface area contributed by atoms with Gasteiger partial charge in [-0.3, -0.25) is 14.4 Å². The summed E-state index contributed by atoms with van der Waals surface area (Å²) in [6, 6.07) is 2.18. The highest BCUT2D eigenvalue weighted by atomic mass is 35.5. The molecule has 5 N–H and O–H groups in total. The molecule has 34 heavy (non-hydrogen) atoms. The molecule has 0 spiro atoms. The average Bonchev–Trinajstić information content (AvgIpc) is 3.51. The van der Waals surface area contributed by atoms with Crippen LogP contribution < -0.4 is 16.0 Å². The van der Waals surface area contributed by atoms with Crippen LogP contribution in [0.2, 0.25) is 5.02 Å². The molecule has 1 aliphatic carbocycles. The van der Waals surface area contributed by atoms with Gasteiger partial charge in [0.1, 0.15) is 17.8 Å². The van der Waals surface area contributed by atoms with Crippen LogP contribution in [0.15, 0.2) is 18.2 Å². The Bertz CT molecular complexity index is 1130. The molecule has 0 radical (unpaired) electrons. The minimum atomic E-state index is -1.26. The first kappa shape index (κ1) is 24.0. The van der Waals surface area contributed by atoms with Crippen molar-refractivity contribution in [3.05, 3.63) is 34.7 Å². The number of fused-ring (bicyclic) bond motifs is 1. The summed E-state index contributed by atoms with van der Waals surface area (Å²) in [5.41, 5.74) is 0.135. The number of carboxylic acids is 1. The second-order valence-corrected chi connectivity index (χ2v) is 9.39. The monoisotopic (exact) mass is 492 g/mol. The van der Waals surface area contributed by atoms with Gasteiger partial charge in [0, 0.05) is 17.8 Å². The zero-order chi connectivity index (χ0) is 24.4. The average molecular weight is 493 g/mol. The number of amides is 3. The van der Waals surface area contributed by atoms with Crippen LogP contribution in [-0.4, -0.2) is 52.4 Å². The predicted molar refractivity (Wildman–Crippen MR) is 122 cm³/mol. The van der Waals surface area contributed by atoms with E-state index in [0.717, 1.165) is 19.3 Å². The molecule has 3 amide bonds. The zero-order valence-corrected chi connectivity index (χ0v) is 19.1. The molecule has 3 atom stereocenters. The highest BCUT2D eigenvalue weighted by Gasteiger charge is 2.35. The molecule has 1 aliphatic heterocycles. The molecule has 2 heterocycles. The van der Waals surface area contributed by atoms with E-state index in [4.69, 9.17) is 11.6 Å². The van der Waals surface area contributed by atoms with Gasteiger partial charge < -0.3 is 26.0 Å². The summed E-state index contributed by atoms with van der Waals surface area (Å²) in [6.07, 6.45) is 3.45. The van der Waals surface area contributed by atoms with Crippen molar-refractivity contribution >= 4 is 46.2 Å². The SMILES string of the molecule is O=C(NC(CC1CC1)C(=O)NC(C[C@@H]1CCCNC1=O)C(=O)O)c1cc2ccc(Cl)c(F)c2[nH]1. The number of aliphatic carboxylic acids is 1. The van der Waals surface area contributed by atoms with E-state index < -0.39 is 41.6 Å². The Kier molecular flexibility index (Phi) is 7.06. The molecule has 2 aliphatic rings. The maximum absolute atomic E-state index is 14.2. The van der Waals surface area contributed by atoms with E-state index in [2.05, 4.69) is 20.9 Å². The lowest BCUT2D eigenvalue weighted by atomic mass is 9.91. The Balaban J connectivity index is 1.46. The van der Waals surface area contributed by atoms with Gasteiger partial charge in [-0.15, -0.1) is 0 Å². The van der Waals surface area contributed by atoms with Crippen molar-refractivity contribution in [2.45, 2.75) is 50.6 Å². The quantitative estimate of drug-likeness (QED) is 0.365. The number of piperidine rings is 1. The summed E-state index contributed by atoms with van der Waals surface area (Å²) >= 11 is 5.80. The number of hydrogen-bond acceptors (Lipinski definition) is 4. The Morgan fingerprint density at radius 2 is 1.91 bits per heavy atom. The maximum Gasteiger partial charge on any atom is 0.326 e. The standard InChI is InChI=1S/C23H26ClFN4O5/c24-14-6-5-12-9-16(27-19(12)18(14)25)22(32)28-15(8-11-3-4-11)21(31)29-17(23(33)34)10-13-2-1-7-26-20(13)30/h5-6,9,11,13,15,17,27H,1-4,7-8,10H2,(H,26,30)(H,28,32)(H,29,31)(H,33,34)/t13-,15?,17?/m0/s1. The van der Waals surface area contributed by atoms with Gasteiger partial charge in [0.2, 0.25) is 11.8 Å². The number of benzene rings is 1. The van der Waals surface area contributed by atoms with Crippen molar-refractivity contribution < 1.29 is 28.7 Å².